The zero-order valence-electron chi connectivity index (χ0n) is 20.2. The van der Waals surface area contributed by atoms with Gasteiger partial charge in [0.15, 0.2) is 11.5 Å². The number of anilines is 1. The second kappa shape index (κ2) is 9.30. The Morgan fingerprint density at radius 1 is 1.26 bits per heavy atom. The molecule has 0 saturated carbocycles. The number of amides is 3. The van der Waals surface area contributed by atoms with Crippen LogP contribution in [-0.4, -0.2) is 57.7 Å². The van der Waals surface area contributed by atoms with Gasteiger partial charge in [-0.1, -0.05) is 42.4 Å². The number of aromatic amines is 1. The van der Waals surface area contributed by atoms with Crippen LogP contribution >= 0.6 is 0 Å². The van der Waals surface area contributed by atoms with E-state index >= 15 is 0 Å². The Kier molecular flexibility index (Phi) is 6.43. The average molecular weight is 466 g/mol. The predicted molar refractivity (Wildman–Crippen MR) is 127 cm³/mol. The van der Waals surface area contributed by atoms with Crippen LogP contribution in [0.15, 0.2) is 40.9 Å². The van der Waals surface area contributed by atoms with Crippen molar-refractivity contribution in [2.75, 3.05) is 26.0 Å². The molecule has 3 heterocycles. The quantitative estimate of drug-likeness (QED) is 0.493. The summed E-state index contributed by atoms with van der Waals surface area (Å²) in [6.07, 6.45) is 0.647. The van der Waals surface area contributed by atoms with Crippen LogP contribution in [0.5, 0.6) is 0 Å². The minimum absolute atomic E-state index is 0.171. The first-order chi connectivity index (χ1) is 16.2. The third-order valence-corrected chi connectivity index (χ3v) is 6.13. The fraction of sp³-hybridized carbons (Fsp3) is 0.417. The first-order valence-corrected chi connectivity index (χ1v) is 11.3. The largest absolute Gasteiger partial charge is 0.361 e. The molecule has 2 aromatic heterocycles. The number of rotatable bonds is 7. The number of carbonyl (C=O) groups excluding carboxylic acids is 2. The number of aryl methyl sites for hydroxylation is 1. The minimum atomic E-state index is -0.641. The summed E-state index contributed by atoms with van der Waals surface area (Å²) in [5.41, 5.74) is 2.15. The third-order valence-electron chi connectivity index (χ3n) is 6.13. The number of aromatic nitrogens is 3. The van der Waals surface area contributed by atoms with Gasteiger partial charge in [0.1, 0.15) is 5.76 Å². The van der Waals surface area contributed by atoms with Crippen molar-refractivity contribution in [3.8, 4) is 0 Å². The fourth-order valence-corrected chi connectivity index (χ4v) is 4.21. The number of benzene rings is 1. The Labute approximate surface area is 198 Å². The lowest BCUT2D eigenvalue weighted by Crippen LogP contribution is -2.48. The number of urea groups is 1. The first kappa shape index (κ1) is 23.5. The van der Waals surface area contributed by atoms with Gasteiger partial charge in [0.2, 0.25) is 0 Å². The zero-order chi connectivity index (χ0) is 24.5. The highest BCUT2D eigenvalue weighted by molar-refractivity contribution is 6.02. The van der Waals surface area contributed by atoms with Crippen molar-refractivity contribution in [2.24, 2.45) is 0 Å². The topological polar surface area (TPSA) is 119 Å². The van der Waals surface area contributed by atoms with E-state index in [9.17, 15) is 9.59 Å². The van der Waals surface area contributed by atoms with Crippen LogP contribution in [0.4, 0.5) is 10.6 Å². The van der Waals surface area contributed by atoms with Crippen LogP contribution in [-0.2, 0) is 18.5 Å². The van der Waals surface area contributed by atoms with Crippen molar-refractivity contribution in [3.63, 3.8) is 0 Å². The monoisotopic (exact) mass is 465 g/mol. The predicted octanol–water partition coefficient (Wildman–Crippen LogP) is 3.28. The summed E-state index contributed by atoms with van der Waals surface area (Å²) in [6.45, 7) is 6.80. The molecule has 180 valence electrons. The zero-order valence-corrected chi connectivity index (χ0v) is 20.2. The molecule has 1 aliphatic rings. The van der Waals surface area contributed by atoms with E-state index in [1.54, 1.807) is 11.0 Å². The van der Waals surface area contributed by atoms with Gasteiger partial charge >= 0.3 is 6.03 Å². The van der Waals surface area contributed by atoms with Gasteiger partial charge < -0.3 is 25.0 Å². The molecule has 1 atom stereocenters. The highest BCUT2D eigenvalue weighted by Crippen LogP contribution is 2.40. The average Bonchev–Trinajstić information content (AvgIpc) is 3.50. The smallest absolute Gasteiger partial charge is 0.319 e. The van der Waals surface area contributed by atoms with E-state index in [2.05, 4.69) is 26.0 Å². The van der Waals surface area contributed by atoms with Gasteiger partial charge in [0.05, 0.1) is 23.8 Å². The maximum Gasteiger partial charge on any atom is 0.319 e. The second-order valence-electron chi connectivity index (χ2n) is 9.23. The number of hydrogen-bond donors (Lipinski definition) is 3. The summed E-state index contributed by atoms with van der Waals surface area (Å²) in [5, 5.41) is 17.1. The summed E-state index contributed by atoms with van der Waals surface area (Å²) < 4.78 is 5.13. The molecule has 3 N–H and O–H groups in total. The molecule has 1 aliphatic heterocycles. The van der Waals surface area contributed by atoms with E-state index in [1.807, 2.05) is 70.1 Å². The molecule has 34 heavy (non-hydrogen) atoms. The molecule has 1 aromatic carbocycles. The molecular weight excluding hydrogens is 434 g/mol. The number of nitrogens with one attached hydrogen (secondary N) is 3. The van der Waals surface area contributed by atoms with Crippen LogP contribution < -0.4 is 10.6 Å². The Balaban J connectivity index is 1.51. The van der Waals surface area contributed by atoms with Crippen molar-refractivity contribution in [2.45, 2.75) is 45.3 Å². The summed E-state index contributed by atoms with van der Waals surface area (Å²) >= 11 is 0. The molecule has 0 saturated heterocycles. The van der Waals surface area contributed by atoms with Crippen molar-refractivity contribution in [1.82, 2.24) is 30.5 Å². The van der Waals surface area contributed by atoms with E-state index in [0.717, 1.165) is 16.8 Å². The number of H-pyrrole nitrogens is 1. The van der Waals surface area contributed by atoms with Crippen LogP contribution in [0.3, 0.4) is 0 Å². The summed E-state index contributed by atoms with van der Waals surface area (Å²) in [5.74, 6) is 0.609. The Morgan fingerprint density at radius 2 is 2.00 bits per heavy atom. The normalized spacial score (nSPS) is 15.3. The maximum absolute atomic E-state index is 13.4. The lowest BCUT2D eigenvalue weighted by Gasteiger charge is -2.34. The van der Waals surface area contributed by atoms with Gasteiger partial charge in [0, 0.05) is 24.6 Å². The van der Waals surface area contributed by atoms with Crippen molar-refractivity contribution >= 4 is 17.8 Å². The molecule has 0 spiro atoms. The van der Waals surface area contributed by atoms with Gasteiger partial charge in [-0.15, -0.1) is 0 Å². The molecule has 0 aliphatic carbocycles. The SMILES string of the molecule is CCc1cc(C(=O)Nc2n[nH]c3c2CN(C(=O)N[C@H](CN(C)C)c2ccccc2)C3(C)C)no1. The number of hydrogen-bond acceptors (Lipinski definition) is 6. The van der Waals surface area contributed by atoms with Crippen molar-refractivity contribution < 1.29 is 14.1 Å². The summed E-state index contributed by atoms with van der Waals surface area (Å²) in [4.78, 5) is 29.9. The summed E-state index contributed by atoms with van der Waals surface area (Å²) in [6, 6.07) is 11.2. The minimum Gasteiger partial charge on any atom is -0.361 e. The molecule has 3 amide bonds. The maximum atomic E-state index is 13.4. The standard InChI is InChI=1S/C24H31N7O3/c1-6-16-12-18(29-34-16)22(32)26-21-17-13-31(24(2,3)20(17)27-28-21)23(33)25-19(14-30(4)5)15-10-8-7-9-11-15/h7-12,19H,6,13-14H2,1-5H3,(H,25,33)(H2,26,27,28,32)/t19-/m1/s1. The number of carbonyl (C=O) groups is 2. The van der Waals surface area contributed by atoms with Crippen LogP contribution in [0, 0.1) is 0 Å². The molecule has 0 bridgehead atoms. The van der Waals surface area contributed by atoms with Gasteiger partial charge in [-0.25, -0.2) is 4.79 Å². The molecule has 10 heteroatoms. The highest BCUT2D eigenvalue weighted by atomic mass is 16.5. The number of fused-ring (bicyclic) bond motifs is 1. The molecule has 10 nitrogen and oxygen atoms in total. The molecule has 0 unspecified atom stereocenters. The molecular formula is C24H31N7O3. The Hall–Kier alpha value is -3.66. The summed E-state index contributed by atoms with van der Waals surface area (Å²) in [7, 11) is 3.96. The highest BCUT2D eigenvalue weighted by Gasteiger charge is 2.44. The Bertz CT molecular complexity index is 1170. The second-order valence-corrected chi connectivity index (χ2v) is 9.23. The lowest BCUT2D eigenvalue weighted by atomic mass is 10.0. The molecule has 0 radical (unpaired) electrons. The third kappa shape index (κ3) is 4.54. The van der Waals surface area contributed by atoms with E-state index < -0.39 is 11.4 Å². The van der Waals surface area contributed by atoms with E-state index in [1.165, 1.54) is 0 Å². The van der Waals surface area contributed by atoms with Crippen LogP contribution in [0.1, 0.15) is 59.9 Å². The fourth-order valence-electron chi connectivity index (χ4n) is 4.21. The number of likely N-dealkylation sites (N-methyl/N-ethyl adjacent to an activating group) is 1. The van der Waals surface area contributed by atoms with Gasteiger partial charge in [-0.3, -0.25) is 9.89 Å². The van der Waals surface area contributed by atoms with E-state index in [4.69, 9.17) is 4.52 Å². The van der Waals surface area contributed by atoms with Crippen LogP contribution in [0.2, 0.25) is 0 Å². The van der Waals surface area contributed by atoms with Crippen molar-refractivity contribution in [1.29, 1.82) is 0 Å². The van der Waals surface area contributed by atoms with Crippen molar-refractivity contribution in [3.05, 3.63) is 64.7 Å². The lowest BCUT2D eigenvalue weighted by molar-refractivity contribution is 0.101. The van der Waals surface area contributed by atoms with Gasteiger partial charge in [-0.2, -0.15) is 5.10 Å². The molecule has 4 rings (SSSR count). The molecule has 3 aromatic rings. The molecule has 0 fully saturated rings. The van der Waals surface area contributed by atoms with Gasteiger partial charge in [-0.05, 0) is 33.5 Å². The van der Waals surface area contributed by atoms with Crippen LogP contribution in [0.25, 0.3) is 0 Å². The van der Waals surface area contributed by atoms with E-state index in [0.29, 0.717) is 31.1 Å². The number of nitrogens with zero attached hydrogens (tertiary/aromatic N) is 4. The van der Waals surface area contributed by atoms with Gasteiger partial charge in [0.25, 0.3) is 5.91 Å². The first-order valence-electron chi connectivity index (χ1n) is 11.3. The Morgan fingerprint density at radius 3 is 2.65 bits per heavy atom. The van der Waals surface area contributed by atoms with E-state index in [-0.39, 0.29) is 17.8 Å².